The summed E-state index contributed by atoms with van der Waals surface area (Å²) in [7, 11) is 0. The fourth-order valence-corrected chi connectivity index (χ4v) is 2.58. The molecule has 0 amide bonds. The number of rotatable bonds is 2. The Morgan fingerprint density at radius 2 is 1.90 bits per heavy atom. The van der Waals surface area contributed by atoms with Gasteiger partial charge in [0.1, 0.15) is 5.82 Å². The van der Waals surface area contributed by atoms with Gasteiger partial charge in [-0.25, -0.2) is 4.39 Å². The SMILES string of the molecule is CC1(c2ccncc2)CN=C(N)N1c1ccccc1F. The number of pyridine rings is 1. The Kier molecular flexibility index (Phi) is 2.89. The molecule has 4 nitrogen and oxygen atoms in total. The van der Waals surface area contributed by atoms with Gasteiger partial charge in [-0.3, -0.25) is 14.9 Å². The van der Waals surface area contributed by atoms with E-state index in [0.717, 1.165) is 5.56 Å². The number of hydrogen-bond acceptors (Lipinski definition) is 4. The van der Waals surface area contributed by atoms with E-state index in [4.69, 9.17) is 5.73 Å². The third kappa shape index (κ3) is 1.82. The zero-order valence-electron chi connectivity index (χ0n) is 11.1. The van der Waals surface area contributed by atoms with Gasteiger partial charge in [-0.05, 0) is 36.8 Å². The minimum Gasteiger partial charge on any atom is -0.369 e. The quantitative estimate of drug-likeness (QED) is 0.910. The van der Waals surface area contributed by atoms with E-state index in [1.165, 1.54) is 6.07 Å². The Bertz CT molecular complexity index is 656. The second-order valence-corrected chi connectivity index (χ2v) is 4.97. The molecule has 0 saturated carbocycles. The van der Waals surface area contributed by atoms with E-state index < -0.39 is 5.54 Å². The standard InChI is InChI=1S/C15H15FN4/c1-15(11-6-8-18-9-7-11)10-19-14(17)20(15)13-5-3-2-4-12(13)16/h2-9H,10H2,1H3,(H2,17,19). The monoisotopic (exact) mass is 270 g/mol. The van der Waals surface area contributed by atoms with Crippen LogP contribution in [-0.4, -0.2) is 17.5 Å². The number of guanidine groups is 1. The lowest BCUT2D eigenvalue weighted by Crippen LogP contribution is -2.48. The maximum Gasteiger partial charge on any atom is 0.196 e. The minimum atomic E-state index is -0.505. The number of nitrogens with two attached hydrogens (primary N) is 1. The van der Waals surface area contributed by atoms with Crippen LogP contribution in [0.5, 0.6) is 0 Å². The van der Waals surface area contributed by atoms with Crippen molar-refractivity contribution in [2.75, 3.05) is 11.4 Å². The molecule has 1 aliphatic heterocycles. The van der Waals surface area contributed by atoms with Crippen LogP contribution in [0, 0.1) is 5.82 Å². The molecular weight excluding hydrogens is 255 g/mol. The van der Waals surface area contributed by atoms with Crippen LogP contribution >= 0.6 is 0 Å². The van der Waals surface area contributed by atoms with E-state index >= 15 is 0 Å². The van der Waals surface area contributed by atoms with Crippen molar-refractivity contribution in [3.05, 3.63) is 60.2 Å². The molecule has 2 N–H and O–H groups in total. The lowest BCUT2D eigenvalue weighted by molar-refractivity contribution is 0.520. The Labute approximate surface area is 116 Å². The summed E-state index contributed by atoms with van der Waals surface area (Å²) >= 11 is 0. The van der Waals surface area contributed by atoms with E-state index in [0.29, 0.717) is 18.2 Å². The summed E-state index contributed by atoms with van der Waals surface area (Å²) in [5, 5.41) is 0. The largest absolute Gasteiger partial charge is 0.369 e. The summed E-state index contributed by atoms with van der Waals surface area (Å²) in [6.07, 6.45) is 3.43. The molecule has 1 aliphatic rings. The predicted molar refractivity (Wildman–Crippen MR) is 77.0 cm³/mol. The van der Waals surface area contributed by atoms with Gasteiger partial charge >= 0.3 is 0 Å². The molecule has 0 spiro atoms. The summed E-state index contributed by atoms with van der Waals surface area (Å²) in [5.74, 6) is 0.0160. The number of anilines is 1. The molecule has 0 saturated heterocycles. The second-order valence-electron chi connectivity index (χ2n) is 4.97. The van der Waals surface area contributed by atoms with Crippen molar-refractivity contribution in [3.8, 4) is 0 Å². The van der Waals surface area contributed by atoms with Crippen molar-refractivity contribution in [3.63, 3.8) is 0 Å². The summed E-state index contributed by atoms with van der Waals surface area (Å²) in [6.45, 7) is 2.48. The maximum absolute atomic E-state index is 14.1. The van der Waals surface area contributed by atoms with Gasteiger partial charge in [-0.1, -0.05) is 12.1 Å². The Balaban J connectivity index is 2.12. The first-order chi connectivity index (χ1) is 9.63. The summed E-state index contributed by atoms with van der Waals surface area (Å²) in [6, 6.07) is 10.4. The number of hydrogen-bond donors (Lipinski definition) is 1. The third-order valence-electron chi connectivity index (χ3n) is 3.67. The minimum absolute atomic E-state index is 0.312. The fourth-order valence-electron chi connectivity index (χ4n) is 2.58. The number of benzene rings is 1. The molecular formula is C15H15FN4. The molecule has 102 valence electrons. The van der Waals surface area contributed by atoms with E-state index in [1.807, 2.05) is 19.1 Å². The summed E-state index contributed by atoms with van der Waals surface area (Å²) in [5.41, 5.74) is 6.92. The lowest BCUT2D eigenvalue weighted by Gasteiger charge is -2.36. The molecule has 0 radical (unpaired) electrons. The van der Waals surface area contributed by atoms with Gasteiger partial charge in [0.2, 0.25) is 0 Å². The van der Waals surface area contributed by atoms with Crippen LogP contribution in [0.4, 0.5) is 10.1 Å². The lowest BCUT2D eigenvalue weighted by atomic mass is 9.91. The van der Waals surface area contributed by atoms with Crippen LogP contribution in [0.25, 0.3) is 0 Å². The van der Waals surface area contributed by atoms with E-state index in [2.05, 4.69) is 9.98 Å². The molecule has 3 rings (SSSR count). The number of aliphatic imine (C=N–C) groups is 1. The number of aromatic nitrogens is 1. The summed E-state index contributed by atoms with van der Waals surface area (Å²) < 4.78 is 14.1. The smallest absolute Gasteiger partial charge is 0.196 e. The van der Waals surface area contributed by atoms with Crippen LogP contribution in [0.15, 0.2) is 53.8 Å². The highest BCUT2D eigenvalue weighted by Gasteiger charge is 2.41. The van der Waals surface area contributed by atoms with Gasteiger partial charge < -0.3 is 5.73 Å². The van der Waals surface area contributed by atoms with Gasteiger partial charge in [0.15, 0.2) is 5.96 Å². The fraction of sp³-hybridized carbons (Fsp3) is 0.200. The molecule has 2 aromatic rings. The van der Waals surface area contributed by atoms with Crippen molar-refractivity contribution in [2.45, 2.75) is 12.5 Å². The van der Waals surface area contributed by atoms with Crippen molar-refractivity contribution in [1.29, 1.82) is 0 Å². The molecule has 1 aromatic heterocycles. The molecule has 1 atom stereocenters. The van der Waals surface area contributed by atoms with E-state index in [-0.39, 0.29) is 5.82 Å². The first-order valence-electron chi connectivity index (χ1n) is 6.38. The van der Waals surface area contributed by atoms with Crippen molar-refractivity contribution in [2.24, 2.45) is 10.7 Å². The highest BCUT2D eigenvalue weighted by atomic mass is 19.1. The average molecular weight is 270 g/mol. The number of halogens is 1. The van der Waals surface area contributed by atoms with Crippen molar-refractivity contribution >= 4 is 11.6 Å². The zero-order chi connectivity index (χ0) is 14.2. The number of para-hydroxylation sites is 1. The van der Waals surface area contributed by atoms with Crippen LogP contribution in [-0.2, 0) is 5.54 Å². The first-order valence-corrected chi connectivity index (χ1v) is 6.38. The van der Waals surface area contributed by atoms with Gasteiger partial charge in [0, 0.05) is 12.4 Å². The van der Waals surface area contributed by atoms with Gasteiger partial charge in [0.05, 0.1) is 17.8 Å². The van der Waals surface area contributed by atoms with Crippen molar-refractivity contribution in [1.82, 2.24) is 4.98 Å². The van der Waals surface area contributed by atoms with E-state index in [1.54, 1.807) is 35.5 Å². The molecule has 0 aliphatic carbocycles. The molecule has 5 heteroatoms. The number of nitrogens with zero attached hydrogens (tertiary/aromatic N) is 3. The highest BCUT2D eigenvalue weighted by molar-refractivity contribution is 5.98. The predicted octanol–water partition coefficient (Wildman–Crippen LogP) is 2.27. The van der Waals surface area contributed by atoms with Crippen LogP contribution in [0.3, 0.4) is 0 Å². The van der Waals surface area contributed by atoms with Gasteiger partial charge in [-0.2, -0.15) is 0 Å². The van der Waals surface area contributed by atoms with E-state index in [9.17, 15) is 4.39 Å². The Morgan fingerprint density at radius 3 is 2.60 bits per heavy atom. The molecule has 0 bridgehead atoms. The zero-order valence-corrected chi connectivity index (χ0v) is 11.1. The maximum atomic E-state index is 14.1. The van der Waals surface area contributed by atoms with Crippen molar-refractivity contribution < 1.29 is 4.39 Å². The normalized spacial score (nSPS) is 21.9. The molecule has 2 heterocycles. The highest BCUT2D eigenvalue weighted by Crippen LogP contribution is 2.37. The van der Waals surface area contributed by atoms with Gasteiger partial charge in [-0.15, -0.1) is 0 Å². The van der Waals surface area contributed by atoms with Crippen LogP contribution in [0.2, 0.25) is 0 Å². The van der Waals surface area contributed by atoms with Gasteiger partial charge in [0.25, 0.3) is 0 Å². The molecule has 0 fully saturated rings. The average Bonchev–Trinajstić information content (AvgIpc) is 2.78. The summed E-state index contributed by atoms with van der Waals surface area (Å²) in [4.78, 5) is 10.1. The van der Waals surface area contributed by atoms with Crippen LogP contribution < -0.4 is 10.6 Å². The Morgan fingerprint density at radius 1 is 1.20 bits per heavy atom. The molecule has 1 aromatic carbocycles. The third-order valence-corrected chi connectivity index (χ3v) is 3.67. The van der Waals surface area contributed by atoms with Crippen LogP contribution in [0.1, 0.15) is 12.5 Å². The molecule has 20 heavy (non-hydrogen) atoms. The topological polar surface area (TPSA) is 54.5 Å². The second kappa shape index (κ2) is 4.59. The Hall–Kier alpha value is -2.43. The first kappa shape index (κ1) is 12.6. The molecule has 1 unspecified atom stereocenters.